The molecular weight excluding hydrogens is 364 g/mol. The molecule has 0 saturated carbocycles. The van der Waals surface area contributed by atoms with Crippen molar-refractivity contribution in [1.29, 1.82) is 0 Å². The summed E-state index contributed by atoms with van der Waals surface area (Å²) in [5.41, 5.74) is 0. The number of nitrogens with zero attached hydrogens (tertiary/aromatic N) is 3. The number of piperidine rings is 2. The van der Waals surface area contributed by atoms with Gasteiger partial charge in [0, 0.05) is 31.1 Å². The molecule has 0 unspecified atom stereocenters. The summed E-state index contributed by atoms with van der Waals surface area (Å²) in [6.07, 6.45) is 9.95. The minimum Gasteiger partial charge on any atom is -0.342 e. The quantitative estimate of drug-likeness (QED) is 0.803. The highest BCUT2D eigenvalue weighted by Gasteiger charge is 2.32. The van der Waals surface area contributed by atoms with Gasteiger partial charge in [0.25, 0.3) is 0 Å². The average molecular weight is 389 g/mol. The van der Waals surface area contributed by atoms with Gasteiger partial charge >= 0.3 is 0 Å². The maximum Gasteiger partial charge on any atom is 0.228 e. The van der Waals surface area contributed by atoms with Crippen LogP contribution in [0.5, 0.6) is 0 Å². The molecule has 0 radical (unpaired) electrons. The van der Waals surface area contributed by atoms with Crippen molar-refractivity contribution >= 4 is 29.2 Å². The number of carbonyl (C=O) groups is 2. The topological polar surface area (TPSA) is 65.5 Å². The first-order valence-corrected chi connectivity index (χ1v) is 9.81. The lowest BCUT2D eigenvalue weighted by Crippen LogP contribution is -2.46. The van der Waals surface area contributed by atoms with Gasteiger partial charge in [-0.15, -0.1) is 6.42 Å². The second-order valence-electron chi connectivity index (χ2n) is 7.21. The van der Waals surface area contributed by atoms with E-state index in [9.17, 15) is 9.59 Å². The van der Waals surface area contributed by atoms with Crippen LogP contribution in [0.15, 0.2) is 18.3 Å². The van der Waals surface area contributed by atoms with Gasteiger partial charge in [-0.05, 0) is 50.9 Å². The maximum absolute atomic E-state index is 12.8. The van der Waals surface area contributed by atoms with Crippen LogP contribution in [-0.4, -0.2) is 59.3 Å². The Morgan fingerprint density at radius 1 is 1.15 bits per heavy atom. The standard InChI is InChI=1S/C20H25ClN4O2/c1-2-9-24-10-5-16(6-11-24)20(27)25-12-7-15(8-13-25)19(26)23-18-4-3-17(21)14-22-18/h1,3-4,14-16H,5-13H2,(H,22,23,26). The maximum atomic E-state index is 12.8. The highest BCUT2D eigenvalue weighted by Crippen LogP contribution is 2.24. The Labute approximate surface area is 165 Å². The Morgan fingerprint density at radius 3 is 2.41 bits per heavy atom. The molecule has 0 aliphatic carbocycles. The Hall–Kier alpha value is -2.10. The zero-order valence-corrected chi connectivity index (χ0v) is 16.1. The number of rotatable bonds is 4. The predicted molar refractivity (Wildman–Crippen MR) is 105 cm³/mol. The van der Waals surface area contributed by atoms with Gasteiger partial charge in [0.1, 0.15) is 5.82 Å². The van der Waals surface area contributed by atoms with E-state index in [1.165, 1.54) is 6.20 Å². The Kier molecular flexibility index (Phi) is 6.70. The van der Waals surface area contributed by atoms with Crippen LogP contribution >= 0.6 is 11.6 Å². The molecule has 0 bridgehead atoms. The SMILES string of the molecule is C#CCN1CCC(C(=O)N2CCC(C(=O)Nc3ccc(Cl)cn3)CC2)CC1. The molecule has 0 atom stereocenters. The van der Waals surface area contributed by atoms with E-state index in [0.29, 0.717) is 43.3 Å². The molecule has 1 N–H and O–H groups in total. The first kappa shape index (κ1) is 19.7. The molecule has 0 aromatic carbocycles. The number of hydrogen-bond acceptors (Lipinski definition) is 4. The van der Waals surface area contributed by atoms with Crippen LogP contribution in [0.3, 0.4) is 0 Å². The molecule has 2 aliphatic rings. The molecule has 7 heteroatoms. The number of terminal acetylenes is 1. The molecule has 1 aromatic rings. The third kappa shape index (κ3) is 5.21. The molecule has 6 nitrogen and oxygen atoms in total. The molecule has 2 saturated heterocycles. The summed E-state index contributed by atoms with van der Waals surface area (Å²) in [7, 11) is 0. The number of aromatic nitrogens is 1. The van der Waals surface area contributed by atoms with Crippen molar-refractivity contribution in [2.45, 2.75) is 25.7 Å². The van der Waals surface area contributed by atoms with Gasteiger partial charge in [0.15, 0.2) is 0 Å². The smallest absolute Gasteiger partial charge is 0.228 e. The van der Waals surface area contributed by atoms with E-state index in [2.05, 4.69) is 21.1 Å². The number of hydrogen-bond donors (Lipinski definition) is 1. The number of carbonyl (C=O) groups excluding carboxylic acids is 2. The van der Waals surface area contributed by atoms with Gasteiger partial charge in [-0.2, -0.15) is 0 Å². The summed E-state index contributed by atoms with van der Waals surface area (Å²) in [6, 6.07) is 3.38. The van der Waals surface area contributed by atoms with Crippen molar-refractivity contribution < 1.29 is 9.59 Å². The van der Waals surface area contributed by atoms with Crippen molar-refractivity contribution in [2.75, 3.05) is 38.0 Å². The number of nitrogens with one attached hydrogen (secondary N) is 1. The lowest BCUT2D eigenvalue weighted by molar-refractivity contribution is -0.139. The predicted octanol–water partition coefficient (Wildman–Crippen LogP) is 2.26. The van der Waals surface area contributed by atoms with Crippen LogP contribution in [0.25, 0.3) is 0 Å². The van der Waals surface area contributed by atoms with Gasteiger partial charge in [0.2, 0.25) is 11.8 Å². The third-order valence-electron chi connectivity index (χ3n) is 5.41. The fourth-order valence-electron chi connectivity index (χ4n) is 3.77. The summed E-state index contributed by atoms with van der Waals surface area (Å²) in [5.74, 6) is 3.34. The first-order valence-electron chi connectivity index (χ1n) is 9.44. The molecule has 144 valence electrons. The van der Waals surface area contributed by atoms with E-state index in [-0.39, 0.29) is 23.7 Å². The van der Waals surface area contributed by atoms with Crippen LogP contribution in [0.2, 0.25) is 5.02 Å². The monoisotopic (exact) mass is 388 g/mol. The second-order valence-corrected chi connectivity index (χ2v) is 7.64. The van der Waals surface area contributed by atoms with Gasteiger partial charge in [-0.1, -0.05) is 17.5 Å². The molecule has 3 heterocycles. The number of halogens is 1. The van der Waals surface area contributed by atoms with Gasteiger partial charge in [-0.3, -0.25) is 14.5 Å². The molecule has 0 spiro atoms. The summed E-state index contributed by atoms with van der Waals surface area (Å²) in [4.78, 5) is 33.4. The third-order valence-corrected chi connectivity index (χ3v) is 5.63. The summed E-state index contributed by atoms with van der Waals surface area (Å²) < 4.78 is 0. The highest BCUT2D eigenvalue weighted by molar-refractivity contribution is 6.30. The van der Waals surface area contributed by atoms with Gasteiger partial charge in [0.05, 0.1) is 11.6 Å². The largest absolute Gasteiger partial charge is 0.342 e. The van der Waals surface area contributed by atoms with Gasteiger partial charge in [-0.25, -0.2) is 4.98 Å². The molecule has 1 aromatic heterocycles. The Morgan fingerprint density at radius 2 is 1.81 bits per heavy atom. The fraction of sp³-hybridized carbons (Fsp3) is 0.550. The summed E-state index contributed by atoms with van der Waals surface area (Å²) in [5, 5.41) is 3.36. The van der Waals surface area contributed by atoms with Crippen molar-refractivity contribution in [3.05, 3.63) is 23.4 Å². The number of amides is 2. The van der Waals surface area contributed by atoms with E-state index >= 15 is 0 Å². The molecule has 27 heavy (non-hydrogen) atoms. The molecule has 3 rings (SSSR count). The number of likely N-dealkylation sites (tertiary alicyclic amines) is 2. The van der Waals surface area contributed by atoms with Crippen molar-refractivity contribution in [2.24, 2.45) is 11.8 Å². The van der Waals surface area contributed by atoms with Crippen LogP contribution < -0.4 is 5.32 Å². The minimum absolute atomic E-state index is 0.0421. The molecule has 2 fully saturated rings. The van der Waals surface area contributed by atoms with Crippen molar-refractivity contribution in [3.8, 4) is 12.3 Å². The van der Waals surface area contributed by atoms with Crippen LogP contribution in [0.1, 0.15) is 25.7 Å². The minimum atomic E-state index is -0.0935. The van der Waals surface area contributed by atoms with Crippen molar-refractivity contribution in [1.82, 2.24) is 14.8 Å². The highest BCUT2D eigenvalue weighted by atomic mass is 35.5. The summed E-state index contributed by atoms with van der Waals surface area (Å²) in [6.45, 7) is 3.69. The molecule has 2 amide bonds. The van der Waals surface area contributed by atoms with Crippen molar-refractivity contribution in [3.63, 3.8) is 0 Å². The molecular formula is C20H25ClN4O2. The Bertz CT molecular complexity index is 700. The first-order chi connectivity index (χ1) is 13.1. The van der Waals surface area contributed by atoms with Crippen LogP contribution in [0, 0.1) is 24.2 Å². The van der Waals surface area contributed by atoms with E-state index < -0.39 is 0 Å². The number of pyridine rings is 1. The van der Waals surface area contributed by atoms with Crippen LogP contribution in [-0.2, 0) is 9.59 Å². The lowest BCUT2D eigenvalue weighted by atomic mass is 9.91. The zero-order valence-electron chi connectivity index (χ0n) is 15.4. The fourth-order valence-corrected chi connectivity index (χ4v) is 3.88. The average Bonchev–Trinajstić information content (AvgIpc) is 2.70. The Balaban J connectivity index is 1.44. The normalized spacial score (nSPS) is 19.5. The van der Waals surface area contributed by atoms with E-state index in [0.717, 1.165) is 25.9 Å². The zero-order chi connectivity index (χ0) is 19.2. The lowest BCUT2D eigenvalue weighted by Gasteiger charge is -2.36. The number of anilines is 1. The van der Waals surface area contributed by atoms with E-state index in [1.807, 2.05) is 4.90 Å². The van der Waals surface area contributed by atoms with E-state index in [4.69, 9.17) is 18.0 Å². The second kappa shape index (κ2) is 9.20. The summed E-state index contributed by atoms with van der Waals surface area (Å²) >= 11 is 5.81. The molecule has 2 aliphatic heterocycles. The van der Waals surface area contributed by atoms with Gasteiger partial charge < -0.3 is 10.2 Å². The van der Waals surface area contributed by atoms with E-state index in [1.54, 1.807) is 12.1 Å². The van der Waals surface area contributed by atoms with Crippen LogP contribution in [0.4, 0.5) is 5.82 Å².